The van der Waals surface area contributed by atoms with Crippen molar-refractivity contribution in [1.29, 1.82) is 0 Å². The third-order valence-corrected chi connectivity index (χ3v) is 2.05. The summed E-state index contributed by atoms with van der Waals surface area (Å²) in [4.78, 5) is 21.4. The molecule has 0 amide bonds. The lowest BCUT2D eigenvalue weighted by molar-refractivity contribution is 1.03. The summed E-state index contributed by atoms with van der Waals surface area (Å²) < 4.78 is 0. The van der Waals surface area contributed by atoms with E-state index in [0.29, 0.717) is 16.9 Å². The Kier molecular flexibility index (Phi) is 1.69. The van der Waals surface area contributed by atoms with Gasteiger partial charge in [-0.15, -0.1) is 0 Å². The fraction of sp³-hybridized carbons (Fsp3) is 0.333. The smallest absolute Gasteiger partial charge is 0.260 e. The molecule has 0 aliphatic rings. The molecule has 0 atom stereocenters. The first-order valence-corrected chi connectivity index (χ1v) is 4.29. The molecule has 2 heterocycles. The molecule has 0 spiro atoms. The zero-order valence-electron chi connectivity index (χ0n) is 7.64. The number of fused-ring (bicyclic) bond motifs is 1. The first kappa shape index (κ1) is 8.04. The van der Waals surface area contributed by atoms with Crippen molar-refractivity contribution in [2.24, 2.45) is 0 Å². The van der Waals surface area contributed by atoms with Gasteiger partial charge in [0, 0.05) is 5.69 Å². The lowest BCUT2D eigenvalue weighted by Gasteiger charge is -1.90. The van der Waals surface area contributed by atoms with E-state index in [1.54, 1.807) is 6.92 Å². The van der Waals surface area contributed by atoms with Crippen LogP contribution in [0.4, 0.5) is 0 Å². The van der Waals surface area contributed by atoms with E-state index in [9.17, 15) is 4.79 Å². The molecule has 0 saturated heterocycles. The first-order chi connectivity index (χ1) is 6.20. The summed E-state index contributed by atoms with van der Waals surface area (Å²) in [5, 5.41) is 0.641. The van der Waals surface area contributed by atoms with Gasteiger partial charge in [0.05, 0.1) is 5.39 Å². The van der Waals surface area contributed by atoms with Crippen molar-refractivity contribution in [3.05, 3.63) is 27.9 Å². The zero-order valence-corrected chi connectivity index (χ0v) is 7.64. The molecule has 0 saturated carbocycles. The lowest BCUT2D eigenvalue weighted by Crippen LogP contribution is -2.08. The van der Waals surface area contributed by atoms with Gasteiger partial charge in [0.2, 0.25) is 0 Å². The molecule has 0 aliphatic heterocycles. The summed E-state index contributed by atoms with van der Waals surface area (Å²) in [6.45, 7) is 3.80. The molecule has 0 radical (unpaired) electrons. The van der Waals surface area contributed by atoms with Gasteiger partial charge in [-0.3, -0.25) is 4.79 Å². The number of nitrogens with zero attached hydrogens (tertiary/aromatic N) is 1. The van der Waals surface area contributed by atoms with Gasteiger partial charge < -0.3 is 9.97 Å². The first-order valence-electron chi connectivity index (χ1n) is 4.29. The van der Waals surface area contributed by atoms with Crippen LogP contribution in [0.15, 0.2) is 10.9 Å². The third-order valence-electron chi connectivity index (χ3n) is 2.05. The Balaban J connectivity index is 2.83. The summed E-state index contributed by atoms with van der Waals surface area (Å²) in [5.74, 6) is 0.641. The molecule has 2 rings (SSSR count). The summed E-state index contributed by atoms with van der Waals surface area (Å²) in [7, 11) is 0. The van der Waals surface area contributed by atoms with Crippen molar-refractivity contribution in [2.45, 2.75) is 20.3 Å². The minimum atomic E-state index is -0.0709. The number of aromatic amines is 2. The molecule has 4 nitrogen and oxygen atoms in total. The highest BCUT2D eigenvalue weighted by Gasteiger charge is 2.04. The number of nitrogens with one attached hydrogen (secondary N) is 2. The van der Waals surface area contributed by atoms with Gasteiger partial charge in [-0.1, -0.05) is 6.92 Å². The van der Waals surface area contributed by atoms with Crippen LogP contribution in [-0.2, 0) is 6.42 Å². The summed E-state index contributed by atoms with van der Waals surface area (Å²) in [5.41, 5.74) is 1.65. The monoisotopic (exact) mass is 177 g/mol. The van der Waals surface area contributed by atoms with Crippen LogP contribution in [0.3, 0.4) is 0 Å². The third kappa shape index (κ3) is 1.24. The van der Waals surface area contributed by atoms with Gasteiger partial charge in [-0.25, -0.2) is 4.98 Å². The van der Waals surface area contributed by atoms with Crippen LogP contribution in [0.25, 0.3) is 11.0 Å². The topological polar surface area (TPSA) is 61.5 Å². The van der Waals surface area contributed by atoms with Crippen molar-refractivity contribution >= 4 is 11.0 Å². The maximum atomic E-state index is 11.4. The number of hydrogen-bond donors (Lipinski definition) is 2. The molecule has 0 unspecified atom stereocenters. The second kappa shape index (κ2) is 2.73. The molecule has 0 bridgehead atoms. The van der Waals surface area contributed by atoms with E-state index in [0.717, 1.165) is 12.1 Å². The summed E-state index contributed by atoms with van der Waals surface area (Å²) in [6.07, 6.45) is 0.884. The molecule has 0 aromatic carbocycles. The maximum Gasteiger partial charge on any atom is 0.260 e. The standard InChI is InChI=1S/C9H11N3O/c1-3-6-4-7-8(12-6)10-5(2)11-9(7)13/h4H,3H2,1-2H3,(H2,10,11,12,13). The average molecular weight is 177 g/mol. The Morgan fingerprint density at radius 1 is 1.46 bits per heavy atom. The predicted octanol–water partition coefficient (Wildman–Crippen LogP) is 1.12. The molecular weight excluding hydrogens is 166 g/mol. The van der Waals surface area contributed by atoms with E-state index < -0.39 is 0 Å². The molecule has 68 valence electrons. The van der Waals surface area contributed by atoms with Crippen LogP contribution in [-0.4, -0.2) is 15.0 Å². The number of H-pyrrole nitrogens is 2. The molecule has 0 fully saturated rings. The molecule has 2 N–H and O–H groups in total. The average Bonchev–Trinajstić information content (AvgIpc) is 2.47. The lowest BCUT2D eigenvalue weighted by atomic mass is 10.3. The van der Waals surface area contributed by atoms with E-state index in [-0.39, 0.29) is 5.56 Å². The molecular formula is C9H11N3O. The van der Waals surface area contributed by atoms with E-state index in [2.05, 4.69) is 15.0 Å². The normalized spacial score (nSPS) is 10.9. The highest BCUT2D eigenvalue weighted by Crippen LogP contribution is 2.08. The van der Waals surface area contributed by atoms with Crippen LogP contribution >= 0.6 is 0 Å². The predicted molar refractivity (Wildman–Crippen MR) is 50.8 cm³/mol. The van der Waals surface area contributed by atoms with Crippen LogP contribution in [0.1, 0.15) is 18.4 Å². The van der Waals surface area contributed by atoms with Crippen molar-refractivity contribution in [3.8, 4) is 0 Å². The van der Waals surface area contributed by atoms with Gasteiger partial charge in [-0.2, -0.15) is 0 Å². The fourth-order valence-corrected chi connectivity index (χ4v) is 1.38. The van der Waals surface area contributed by atoms with Crippen LogP contribution in [0, 0.1) is 6.92 Å². The van der Waals surface area contributed by atoms with E-state index in [1.807, 2.05) is 13.0 Å². The molecule has 0 aliphatic carbocycles. The Morgan fingerprint density at radius 3 is 2.92 bits per heavy atom. The van der Waals surface area contributed by atoms with Crippen molar-refractivity contribution < 1.29 is 0 Å². The van der Waals surface area contributed by atoms with Gasteiger partial charge in [0.1, 0.15) is 11.5 Å². The number of aromatic nitrogens is 3. The van der Waals surface area contributed by atoms with Crippen molar-refractivity contribution in [3.63, 3.8) is 0 Å². The molecule has 4 heteroatoms. The maximum absolute atomic E-state index is 11.4. The Bertz CT molecular complexity index is 495. The minimum absolute atomic E-state index is 0.0709. The van der Waals surface area contributed by atoms with E-state index in [4.69, 9.17) is 0 Å². The van der Waals surface area contributed by atoms with E-state index >= 15 is 0 Å². The summed E-state index contributed by atoms with van der Waals surface area (Å²) >= 11 is 0. The number of rotatable bonds is 1. The quantitative estimate of drug-likeness (QED) is 0.685. The number of hydrogen-bond acceptors (Lipinski definition) is 2. The van der Waals surface area contributed by atoms with Gasteiger partial charge in [-0.05, 0) is 19.4 Å². The second-order valence-electron chi connectivity index (χ2n) is 3.06. The van der Waals surface area contributed by atoms with Crippen LogP contribution in [0.5, 0.6) is 0 Å². The largest absolute Gasteiger partial charge is 0.343 e. The van der Waals surface area contributed by atoms with Crippen molar-refractivity contribution in [1.82, 2.24) is 15.0 Å². The SMILES string of the molecule is CCc1cc2c(=O)[nH]c(C)nc2[nH]1. The molecule has 2 aromatic rings. The van der Waals surface area contributed by atoms with Crippen LogP contribution in [0.2, 0.25) is 0 Å². The van der Waals surface area contributed by atoms with Gasteiger partial charge >= 0.3 is 0 Å². The molecule has 2 aromatic heterocycles. The Hall–Kier alpha value is -1.58. The highest BCUT2D eigenvalue weighted by molar-refractivity contribution is 5.75. The summed E-state index contributed by atoms with van der Waals surface area (Å²) in [6, 6.07) is 1.85. The number of aryl methyl sites for hydroxylation is 2. The molecule has 13 heavy (non-hydrogen) atoms. The fourth-order valence-electron chi connectivity index (χ4n) is 1.38. The van der Waals surface area contributed by atoms with E-state index in [1.165, 1.54) is 0 Å². The van der Waals surface area contributed by atoms with Gasteiger partial charge in [0.25, 0.3) is 5.56 Å². The second-order valence-corrected chi connectivity index (χ2v) is 3.06. The van der Waals surface area contributed by atoms with Crippen LogP contribution < -0.4 is 5.56 Å². The van der Waals surface area contributed by atoms with Gasteiger partial charge in [0.15, 0.2) is 0 Å². The Morgan fingerprint density at radius 2 is 2.23 bits per heavy atom. The Labute approximate surface area is 75.0 Å². The van der Waals surface area contributed by atoms with Crippen molar-refractivity contribution in [2.75, 3.05) is 0 Å². The minimum Gasteiger partial charge on any atom is -0.343 e. The zero-order chi connectivity index (χ0) is 9.42. The highest BCUT2D eigenvalue weighted by atomic mass is 16.1.